The lowest BCUT2D eigenvalue weighted by atomic mass is 11.3. The molecule has 0 aliphatic rings. The van der Waals surface area contributed by atoms with Crippen LogP contribution in [0.25, 0.3) is 0 Å². The van der Waals surface area contributed by atoms with Gasteiger partial charge in [0.15, 0.2) is 0 Å². The lowest BCUT2D eigenvalue weighted by molar-refractivity contribution is -0.128. The number of hydrogen-bond donors (Lipinski definition) is 1. The van der Waals surface area contributed by atoms with E-state index in [4.69, 9.17) is 5.53 Å². The minimum atomic E-state index is -0.163. The van der Waals surface area contributed by atoms with E-state index in [9.17, 15) is 4.79 Å². The van der Waals surface area contributed by atoms with Crippen LogP contribution in [0.5, 0.6) is 0 Å². The van der Waals surface area contributed by atoms with Crippen molar-refractivity contribution in [2.24, 2.45) is 5.11 Å². The van der Waals surface area contributed by atoms with Crippen LogP contribution in [-0.2, 0) is 9.53 Å². The van der Waals surface area contributed by atoms with Gasteiger partial charge in [0.2, 0.25) is 6.73 Å². The van der Waals surface area contributed by atoms with Gasteiger partial charge in [0.05, 0.1) is 0 Å². The number of carbonyl (C=O) groups is 1. The quantitative estimate of drug-likeness (QED) is 0.303. The van der Waals surface area contributed by atoms with Crippen molar-refractivity contribution in [3.8, 4) is 0 Å². The molecule has 0 rings (SSSR count). The number of ether oxygens (including phenoxy) is 1. The van der Waals surface area contributed by atoms with Gasteiger partial charge in [-0.25, -0.2) is 5.53 Å². The molecular formula is C2H4N2O2. The molecule has 0 aliphatic carbocycles. The molecule has 0 saturated heterocycles. The summed E-state index contributed by atoms with van der Waals surface area (Å²) in [5.41, 5.74) is 6.05. The molecule has 0 aromatic heterocycles. The molecular weight excluding hydrogens is 84.0 g/mol. The smallest absolute Gasteiger partial charge is 0.294 e. The Morgan fingerprint density at radius 1 is 2.00 bits per heavy atom. The van der Waals surface area contributed by atoms with Gasteiger partial charge in [0.1, 0.15) is 0 Å². The van der Waals surface area contributed by atoms with Crippen molar-refractivity contribution in [3.63, 3.8) is 0 Å². The molecule has 0 aliphatic heterocycles. The number of rotatable bonds is 3. The van der Waals surface area contributed by atoms with Crippen LogP contribution in [0.15, 0.2) is 5.11 Å². The van der Waals surface area contributed by atoms with Crippen LogP contribution in [0.3, 0.4) is 0 Å². The second-order valence-corrected chi connectivity index (χ2v) is 0.550. The van der Waals surface area contributed by atoms with Gasteiger partial charge < -0.3 is 4.74 Å². The molecule has 0 heterocycles. The molecule has 0 aromatic rings. The molecule has 0 radical (unpaired) electrons. The third-order valence-corrected chi connectivity index (χ3v) is 0.207. The van der Waals surface area contributed by atoms with Crippen LogP contribution in [0.4, 0.5) is 0 Å². The van der Waals surface area contributed by atoms with Crippen molar-refractivity contribution in [3.05, 3.63) is 0 Å². The van der Waals surface area contributed by atoms with E-state index in [-0.39, 0.29) is 13.2 Å². The predicted molar refractivity (Wildman–Crippen MR) is 17.2 cm³/mol. The van der Waals surface area contributed by atoms with Crippen LogP contribution in [0, 0.1) is 5.53 Å². The highest BCUT2D eigenvalue weighted by atomic mass is 16.5. The van der Waals surface area contributed by atoms with E-state index in [2.05, 4.69) is 9.85 Å². The second-order valence-electron chi connectivity index (χ2n) is 0.550. The summed E-state index contributed by atoms with van der Waals surface area (Å²) in [4.78, 5) is 9.20. The fourth-order valence-electron chi connectivity index (χ4n) is 0.0677. The Kier molecular flexibility index (Phi) is 3.44. The Labute approximate surface area is 34.6 Å². The van der Waals surface area contributed by atoms with Crippen LogP contribution in [-0.4, -0.2) is 13.2 Å². The van der Waals surface area contributed by atoms with Gasteiger partial charge in [-0.15, -0.1) is 0 Å². The molecule has 0 spiro atoms. The van der Waals surface area contributed by atoms with Crippen molar-refractivity contribution in [2.75, 3.05) is 6.73 Å². The molecule has 0 aromatic carbocycles. The summed E-state index contributed by atoms with van der Waals surface area (Å²) >= 11 is 0. The summed E-state index contributed by atoms with van der Waals surface area (Å²) in [6.45, 7) is 0.0849. The fourth-order valence-corrected chi connectivity index (χ4v) is 0.0677. The van der Waals surface area contributed by atoms with E-state index < -0.39 is 0 Å². The molecule has 4 nitrogen and oxygen atoms in total. The van der Waals surface area contributed by atoms with Crippen molar-refractivity contribution < 1.29 is 9.53 Å². The highest BCUT2D eigenvalue weighted by Crippen LogP contribution is 1.63. The normalized spacial score (nSPS) is 6.67. The first-order valence-corrected chi connectivity index (χ1v) is 1.30. The van der Waals surface area contributed by atoms with Gasteiger partial charge in [-0.1, -0.05) is 0 Å². The number of nitrogens with one attached hydrogen (secondary N) is 1. The van der Waals surface area contributed by atoms with Crippen LogP contribution >= 0.6 is 0 Å². The van der Waals surface area contributed by atoms with Crippen LogP contribution in [0.1, 0.15) is 0 Å². The lowest BCUT2D eigenvalue weighted by Crippen LogP contribution is -1.82. The molecule has 1 N–H and O–H groups in total. The summed E-state index contributed by atoms with van der Waals surface area (Å²) < 4.78 is 3.95. The highest BCUT2D eigenvalue weighted by Gasteiger charge is 1.67. The van der Waals surface area contributed by atoms with Gasteiger partial charge in [-0.05, 0) is 0 Å². The van der Waals surface area contributed by atoms with E-state index in [0.29, 0.717) is 0 Å². The maximum atomic E-state index is 9.20. The van der Waals surface area contributed by atoms with E-state index >= 15 is 0 Å². The average Bonchev–Trinajstić information content (AvgIpc) is 1.61. The molecule has 4 heteroatoms. The first-order chi connectivity index (χ1) is 2.91. The molecule has 0 saturated carbocycles. The predicted octanol–water partition coefficient (Wildman–Crippen LogP) is 0.148. The second kappa shape index (κ2) is 4.07. The Morgan fingerprint density at radius 3 is 2.83 bits per heavy atom. The van der Waals surface area contributed by atoms with Crippen LogP contribution < -0.4 is 0 Å². The SMILES string of the molecule is N=NCOC=O. The molecule has 0 unspecified atom stereocenters. The van der Waals surface area contributed by atoms with E-state index in [1.807, 2.05) is 0 Å². The summed E-state index contributed by atoms with van der Waals surface area (Å²) in [6, 6.07) is 0. The molecule has 6 heavy (non-hydrogen) atoms. The van der Waals surface area contributed by atoms with Crippen molar-refractivity contribution in [1.82, 2.24) is 0 Å². The Morgan fingerprint density at radius 2 is 2.67 bits per heavy atom. The van der Waals surface area contributed by atoms with Crippen molar-refractivity contribution >= 4 is 6.47 Å². The van der Waals surface area contributed by atoms with Crippen molar-refractivity contribution in [1.29, 1.82) is 5.53 Å². The number of nitrogens with zero attached hydrogens (tertiary/aromatic N) is 1. The monoisotopic (exact) mass is 88.0 g/mol. The number of carbonyl (C=O) groups excluding carboxylic acids is 1. The number of hydrogen-bond acceptors (Lipinski definition) is 4. The lowest BCUT2D eigenvalue weighted by Gasteiger charge is -1.80. The van der Waals surface area contributed by atoms with Gasteiger partial charge in [0, 0.05) is 0 Å². The molecule has 0 bridgehead atoms. The highest BCUT2D eigenvalue weighted by molar-refractivity contribution is 5.36. The van der Waals surface area contributed by atoms with Gasteiger partial charge in [-0.3, -0.25) is 4.79 Å². The molecule has 0 amide bonds. The third kappa shape index (κ3) is 3.07. The molecule has 0 fully saturated rings. The maximum absolute atomic E-state index is 9.20. The Bertz CT molecular complexity index is 45.5. The summed E-state index contributed by atoms with van der Waals surface area (Å²) in [5, 5.41) is 2.72. The zero-order valence-corrected chi connectivity index (χ0v) is 3.05. The standard InChI is InChI=1S/C2H4N2O2/c3-4-1-6-2-5/h2-3H,1H2. The minimum absolute atomic E-state index is 0.163. The van der Waals surface area contributed by atoms with Gasteiger partial charge in [0.25, 0.3) is 6.47 Å². The Balaban J connectivity index is 2.66. The van der Waals surface area contributed by atoms with Gasteiger partial charge in [-0.2, -0.15) is 5.11 Å². The maximum Gasteiger partial charge on any atom is 0.294 e. The van der Waals surface area contributed by atoms with E-state index in [1.54, 1.807) is 0 Å². The Hall–Kier alpha value is -0.930. The van der Waals surface area contributed by atoms with E-state index in [1.165, 1.54) is 0 Å². The largest absolute Gasteiger partial charge is 0.443 e. The first-order valence-electron chi connectivity index (χ1n) is 1.30. The van der Waals surface area contributed by atoms with Crippen molar-refractivity contribution in [2.45, 2.75) is 0 Å². The first kappa shape index (κ1) is 5.07. The van der Waals surface area contributed by atoms with Gasteiger partial charge >= 0.3 is 0 Å². The minimum Gasteiger partial charge on any atom is -0.443 e. The molecule has 34 valence electrons. The topological polar surface area (TPSA) is 62.5 Å². The fraction of sp³-hybridized carbons (Fsp3) is 0.500. The summed E-state index contributed by atoms with van der Waals surface area (Å²) in [7, 11) is 0. The van der Waals surface area contributed by atoms with E-state index in [0.717, 1.165) is 0 Å². The zero-order chi connectivity index (χ0) is 4.83. The summed E-state index contributed by atoms with van der Waals surface area (Å²) in [5.74, 6) is 0. The van der Waals surface area contributed by atoms with Crippen LogP contribution in [0.2, 0.25) is 0 Å². The zero-order valence-electron chi connectivity index (χ0n) is 3.05. The molecule has 0 atom stereocenters. The summed E-state index contributed by atoms with van der Waals surface area (Å²) in [6.07, 6.45) is 0. The third-order valence-electron chi connectivity index (χ3n) is 0.207. The average molecular weight is 88.1 g/mol.